The molecule has 4 rings (SSSR count). The predicted octanol–water partition coefficient (Wildman–Crippen LogP) is 4.07. The number of hydrogen-bond donors (Lipinski definition) is 3. The molecule has 0 spiro atoms. The normalized spacial score (nSPS) is 31.5. The lowest BCUT2D eigenvalue weighted by molar-refractivity contribution is 0.215. The van der Waals surface area contributed by atoms with Gasteiger partial charge in [-0.05, 0) is 74.6 Å². The minimum absolute atomic E-state index is 0.424. The van der Waals surface area contributed by atoms with Crippen molar-refractivity contribution in [3.05, 3.63) is 23.8 Å². The number of benzene rings is 1. The summed E-state index contributed by atoms with van der Waals surface area (Å²) < 4.78 is 0. The highest BCUT2D eigenvalue weighted by molar-refractivity contribution is 5.75. The minimum atomic E-state index is 0.424. The molecule has 3 heteroatoms. The molecule has 0 radical (unpaired) electrons. The van der Waals surface area contributed by atoms with Gasteiger partial charge >= 0.3 is 0 Å². The van der Waals surface area contributed by atoms with Crippen molar-refractivity contribution in [2.45, 2.75) is 69.5 Å². The van der Waals surface area contributed by atoms with Crippen LogP contribution in [0.4, 0.5) is 11.4 Å². The van der Waals surface area contributed by atoms with Gasteiger partial charge in [0.2, 0.25) is 0 Å². The Balaban J connectivity index is 1.33. The maximum Gasteiger partial charge on any atom is 0.0964 e. The van der Waals surface area contributed by atoms with Crippen LogP contribution in [-0.4, -0.2) is 19.3 Å². The second-order valence-electron chi connectivity index (χ2n) is 7.92. The van der Waals surface area contributed by atoms with Crippen LogP contribution in [0.3, 0.4) is 0 Å². The molecule has 120 valence electrons. The fraction of sp³-hybridized carbons (Fsp3) is 0.684. The molecule has 0 saturated heterocycles. The molecule has 0 aromatic heterocycles. The van der Waals surface area contributed by atoms with Crippen molar-refractivity contribution in [3.63, 3.8) is 0 Å². The summed E-state index contributed by atoms with van der Waals surface area (Å²) in [5.41, 5.74) is 4.56. The van der Waals surface area contributed by atoms with E-state index in [1.165, 1.54) is 61.9 Å². The van der Waals surface area contributed by atoms with Gasteiger partial charge in [-0.2, -0.15) is 0 Å². The summed E-state index contributed by atoms with van der Waals surface area (Å²) in [6.45, 7) is 2.41. The monoisotopic (exact) mass is 299 g/mol. The van der Waals surface area contributed by atoms with Crippen LogP contribution in [0.2, 0.25) is 0 Å². The van der Waals surface area contributed by atoms with Crippen molar-refractivity contribution in [3.8, 4) is 0 Å². The van der Waals surface area contributed by atoms with Gasteiger partial charge < -0.3 is 16.0 Å². The van der Waals surface area contributed by atoms with E-state index in [-0.39, 0.29) is 0 Å². The quantitative estimate of drug-likeness (QED) is 0.767. The van der Waals surface area contributed by atoms with Gasteiger partial charge in [-0.1, -0.05) is 19.4 Å². The molecule has 1 unspecified atom stereocenters. The highest BCUT2D eigenvalue weighted by Crippen LogP contribution is 2.45. The largest absolute Gasteiger partial charge is 0.364 e. The summed E-state index contributed by atoms with van der Waals surface area (Å²) in [5.74, 6) is 0.925. The van der Waals surface area contributed by atoms with Crippen LogP contribution in [0.1, 0.15) is 57.4 Å². The summed E-state index contributed by atoms with van der Waals surface area (Å²) in [6.07, 6.45) is 9.78. The van der Waals surface area contributed by atoms with E-state index in [4.69, 9.17) is 0 Å². The maximum absolute atomic E-state index is 3.70. The van der Waals surface area contributed by atoms with E-state index in [0.717, 1.165) is 12.0 Å². The van der Waals surface area contributed by atoms with Gasteiger partial charge in [0, 0.05) is 6.04 Å². The van der Waals surface area contributed by atoms with Crippen LogP contribution in [0.15, 0.2) is 18.2 Å². The number of fused-ring (bicyclic) bond motifs is 1. The van der Waals surface area contributed by atoms with E-state index in [1.54, 1.807) is 0 Å². The summed E-state index contributed by atoms with van der Waals surface area (Å²) >= 11 is 0. The molecule has 1 heterocycles. The zero-order chi connectivity index (χ0) is 15.2. The average Bonchev–Trinajstić information content (AvgIpc) is 2.85. The van der Waals surface area contributed by atoms with E-state index in [0.29, 0.717) is 11.6 Å². The summed E-state index contributed by atoms with van der Waals surface area (Å²) in [7, 11) is 2.08. The highest BCUT2D eigenvalue weighted by Gasteiger charge is 2.35. The SMILES string of the molecule is CNC1CC(CCC2Nc3ccc(C4(C)CCC4)cc3N2)C1. The third-order valence-electron chi connectivity index (χ3n) is 6.34. The predicted molar refractivity (Wildman–Crippen MR) is 93.5 cm³/mol. The number of nitrogens with one attached hydrogen (secondary N) is 3. The zero-order valence-electron chi connectivity index (χ0n) is 13.9. The van der Waals surface area contributed by atoms with Gasteiger partial charge in [-0.25, -0.2) is 0 Å². The van der Waals surface area contributed by atoms with Crippen molar-refractivity contribution in [2.75, 3.05) is 17.7 Å². The Morgan fingerprint density at radius 1 is 1.14 bits per heavy atom. The van der Waals surface area contributed by atoms with Crippen LogP contribution < -0.4 is 16.0 Å². The molecule has 1 atom stereocenters. The molecule has 0 amide bonds. The van der Waals surface area contributed by atoms with Crippen LogP contribution in [-0.2, 0) is 5.41 Å². The Hall–Kier alpha value is -1.22. The average molecular weight is 299 g/mol. The summed E-state index contributed by atoms with van der Waals surface area (Å²) in [5, 5.41) is 10.7. The zero-order valence-corrected chi connectivity index (χ0v) is 13.9. The molecule has 1 aliphatic heterocycles. The third kappa shape index (κ3) is 2.50. The Morgan fingerprint density at radius 2 is 1.91 bits per heavy atom. The minimum Gasteiger partial charge on any atom is -0.364 e. The van der Waals surface area contributed by atoms with Crippen LogP contribution in [0, 0.1) is 5.92 Å². The molecule has 3 nitrogen and oxygen atoms in total. The standard InChI is InChI=1S/C19H29N3/c1-19(8-3-9-19)14-5-6-16-17(12-14)22-18(21-16)7-4-13-10-15(11-13)20-2/h5-6,12-13,15,18,20-22H,3-4,7-11H2,1-2H3. The molecule has 1 aromatic carbocycles. The number of rotatable bonds is 5. The van der Waals surface area contributed by atoms with Crippen LogP contribution in [0.25, 0.3) is 0 Å². The first-order valence-corrected chi connectivity index (χ1v) is 9.01. The molecule has 0 bridgehead atoms. The van der Waals surface area contributed by atoms with Gasteiger partial charge in [0.1, 0.15) is 0 Å². The Kier molecular flexibility index (Phi) is 3.56. The summed E-state index contributed by atoms with van der Waals surface area (Å²) in [6, 6.07) is 7.78. The molecule has 1 aromatic rings. The van der Waals surface area contributed by atoms with Gasteiger partial charge in [-0.15, -0.1) is 0 Å². The van der Waals surface area contributed by atoms with Crippen molar-refractivity contribution < 1.29 is 0 Å². The molecule has 2 aliphatic carbocycles. The van der Waals surface area contributed by atoms with Crippen molar-refractivity contribution in [1.82, 2.24) is 5.32 Å². The molecule has 3 N–H and O–H groups in total. The Morgan fingerprint density at radius 3 is 2.59 bits per heavy atom. The second kappa shape index (κ2) is 5.45. The molecule has 2 saturated carbocycles. The fourth-order valence-electron chi connectivity index (χ4n) is 4.33. The third-order valence-corrected chi connectivity index (χ3v) is 6.34. The molecule has 3 aliphatic rings. The Bertz CT molecular complexity index is 544. The van der Waals surface area contributed by atoms with Crippen molar-refractivity contribution >= 4 is 11.4 Å². The molecule has 22 heavy (non-hydrogen) atoms. The number of anilines is 2. The topological polar surface area (TPSA) is 36.1 Å². The first-order chi connectivity index (χ1) is 10.7. The lowest BCUT2D eigenvalue weighted by Gasteiger charge is -2.39. The van der Waals surface area contributed by atoms with E-state index in [1.807, 2.05) is 0 Å². The second-order valence-corrected chi connectivity index (χ2v) is 7.92. The first-order valence-electron chi connectivity index (χ1n) is 9.01. The smallest absolute Gasteiger partial charge is 0.0964 e. The lowest BCUT2D eigenvalue weighted by Crippen LogP contribution is -2.39. The Labute approximate surface area is 134 Å². The van der Waals surface area contributed by atoms with Gasteiger partial charge in [0.05, 0.1) is 17.5 Å². The van der Waals surface area contributed by atoms with E-state index in [2.05, 4.69) is 48.1 Å². The van der Waals surface area contributed by atoms with Crippen LogP contribution >= 0.6 is 0 Å². The molecular formula is C19H29N3. The fourth-order valence-corrected chi connectivity index (χ4v) is 4.33. The van der Waals surface area contributed by atoms with E-state index >= 15 is 0 Å². The van der Waals surface area contributed by atoms with Crippen molar-refractivity contribution in [1.29, 1.82) is 0 Å². The van der Waals surface area contributed by atoms with Gasteiger partial charge in [0.25, 0.3) is 0 Å². The van der Waals surface area contributed by atoms with Crippen molar-refractivity contribution in [2.24, 2.45) is 5.92 Å². The van der Waals surface area contributed by atoms with E-state index in [9.17, 15) is 0 Å². The molecule has 2 fully saturated rings. The highest BCUT2D eigenvalue weighted by atomic mass is 15.2. The van der Waals surface area contributed by atoms with Gasteiger partial charge in [0.15, 0.2) is 0 Å². The first kappa shape index (κ1) is 14.4. The van der Waals surface area contributed by atoms with Gasteiger partial charge in [-0.3, -0.25) is 0 Å². The van der Waals surface area contributed by atoms with E-state index < -0.39 is 0 Å². The van der Waals surface area contributed by atoms with Crippen LogP contribution in [0.5, 0.6) is 0 Å². The molecular weight excluding hydrogens is 270 g/mol. The lowest BCUT2D eigenvalue weighted by atomic mass is 9.66. The number of hydrogen-bond acceptors (Lipinski definition) is 3. The summed E-state index contributed by atoms with van der Waals surface area (Å²) in [4.78, 5) is 0. The maximum atomic E-state index is 3.70.